The van der Waals surface area contributed by atoms with E-state index in [0.29, 0.717) is 11.3 Å². The van der Waals surface area contributed by atoms with E-state index in [1.807, 2.05) is 140 Å². The zero-order chi connectivity index (χ0) is 86.9. The van der Waals surface area contributed by atoms with Crippen LogP contribution in [0.2, 0.25) is 0 Å². The van der Waals surface area contributed by atoms with Crippen LogP contribution in [0.25, 0.3) is 122 Å². The SMILES string of the molecule is CC(=O)C=C(C)O.CC(=O)C=C(C)O.CC(=O)C=C(C)O.Cc1[c-]c(-c2ccc3ccccc3n2)cc(C)c1.Cc1c[c-]c(-c2nc3ccccc3cc2C)cc1.Cc1cc[c-]c(-c2ccc3ccccc3n2)c1.Fc1[c-]c(-c2ccc3ccccc3n2)cc(F)c1.O=C(O)c1ccccn1.[Ir].[Ir].[Ir].[Ir].[Ir].[c-]1cc2ccccc2cc1-c1ccc2ccccc2n1. The number of allylic oxidation sites excluding steroid dienone is 6. The molecular formula is C105H89F2Ir5N6O8-5. The summed E-state index contributed by atoms with van der Waals surface area (Å²) in [6.45, 7) is 19.0. The second-order valence-electron chi connectivity index (χ2n) is 28.0. The Hall–Kier alpha value is -11.9. The second-order valence-corrected chi connectivity index (χ2v) is 28.0. The van der Waals surface area contributed by atoms with Crippen LogP contribution in [0.1, 0.15) is 79.8 Å². The second kappa shape index (κ2) is 54.1. The Kier molecular flexibility index (Phi) is 45.7. The fourth-order valence-electron chi connectivity index (χ4n) is 12.1. The number of aryl methyl sites for hydroxylation is 5. The number of carbonyl (C=O) groups is 4. The predicted octanol–water partition coefficient (Wildman–Crippen LogP) is 25.4. The van der Waals surface area contributed by atoms with Crippen LogP contribution in [-0.2, 0) is 115 Å². The molecule has 11 aromatic carbocycles. The molecule has 0 aliphatic carbocycles. The third kappa shape index (κ3) is 34.9. The van der Waals surface area contributed by atoms with Crippen LogP contribution in [0.5, 0.6) is 0 Å². The molecule has 0 aliphatic heterocycles. The van der Waals surface area contributed by atoms with Gasteiger partial charge in [0.2, 0.25) is 0 Å². The Bertz CT molecular complexity index is 6260. The van der Waals surface area contributed by atoms with Gasteiger partial charge in [0.05, 0.1) is 44.9 Å². The molecule has 0 saturated heterocycles. The minimum absolute atomic E-state index is 0. The molecule has 6 aromatic heterocycles. The molecule has 17 rings (SSSR count). The number of carboxylic acids is 1. The summed E-state index contributed by atoms with van der Waals surface area (Å²) in [6, 6.07) is 110. The number of aromatic carboxylic acids is 1. The van der Waals surface area contributed by atoms with Gasteiger partial charge < -0.3 is 20.4 Å². The van der Waals surface area contributed by atoms with Gasteiger partial charge in [-0.2, -0.15) is 0 Å². The zero-order valence-corrected chi connectivity index (χ0v) is 82.5. The van der Waals surface area contributed by atoms with Gasteiger partial charge in [0, 0.05) is 137 Å². The fourth-order valence-corrected chi connectivity index (χ4v) is 12.1. The van der Waals surface area contributed by atoms with Crippen molar-refractivity contribution in [1.82, 2.24) is 29.9 Å². The van der Waals surface area contributed by atoms with Gasteiger partial charge in [-0.25, -0.2) is 18.6 Å². The normalized spacial score (nSPS) is 10.3. The van der Waals surface area contributed by atoms with E-state index < -0.39 is 17.6 Å². The van der Waals surface area contributed by atoms with Crippen molar-refractivity contribution >= 4 is 88.6 Å². The first-order chi connectivity index (χ1) is 58.1. The summed E-state index contributed by atoms with van der Waals surface area (Å²) in [5.41, 5.74) is 20.0. The first-order valence-electron chi connectivity index (χ1n) is 38.5. The van der Waals surface area contributed by atoms with Crippen LogP contribution in [0.4, 0.5) is 8.78 Å². The molecule has 4 N–H and O–H groups in total. The van der Waals surface area contributed by atoms with Gasteiger partial charge in [-0.15, -0.1) is 153 Å². The molecule has 21 heteroatoms. The molecule has 126 heavy (non-hydrogen) atoms. The number of carbonyl (C=O) groups excluding carboxylic acids is 3. The number of halogens is 2. The number of aliphatic hydroxyl groups is 3. The number of aromatic nitrogens is 6. The smallest absolute Gasteiger partial charge is 0.354 e. The first kappa shape index (κ1) is 106. The Morgan fingerprint density at radius 1 is 0.325 bits per heavy atom. The third-order valence-electron chi connectivity index (χ3n) is 17.3. The van der Waals surface area contributed by atoms with Crippen molar-refractivity contribution in [3.63, 3.8) is 0 Å². The number of carboxylic acid groups (broad SMARTS) is 1. The van der Waals surface area contributed by atoms with Crippen molar-refractivity contribution in [1.29, 1.82) is 0 Å². The molecule has 0 bridgehead atoms. The summed E-state index contributed by atoms with van der Waals surface area (Å²) >= 11 is 0. The van der Waals surface area contributed by atoms with E-state index in [2.05, 4.69) is 195 Å². The van der Waals surface area contributed by atoms with Crippen molar-refractivity contribution in [2.24, 2.45) is 0 Å². The van der Waals surface area contributed by atoms with Crippen molar-refractivity contribution < 1.29 is 149 Å². The molecule has 5 radical (unpaired) electrons. The van der Waals surface area contributed by atoms with Crippen LogP contribution < -0.4 is 0 Å². The Morgan fingerprint density at radius 3 is 1.10 bits per heavy atom. The predicted molar refractivity (Wildman–Crippen MR) is 484 cm³/mol. The largest absolute Gasteiger partial charge is 0.512 e. The van der Waals surface area contributed by atoms with Crippen molar-refractivity contribution in [3.8, 4) is 56.3 Å². The molecule has 6 heterocycles. The minimum Gasteiger partial charge on any atom is -0.512 e. The van der Waals surface area contributed by atoms with Crippen molar-refractivity contribution in [2.45, 2.75) is 76.2 Å². The number of para-hydroxylation sites is 5. The Balaban J connectivity index is 0.000000303. The molecule has 0 atom stereocenters. The number of rotatable bonds is 9. The fraction of sp³-hybridized carbons (Fsp3) is 0.105. The number of hydrogen-bond donors (Lipinski definition) is 4. The zero-order valence-electron chi connectivity index (χ0n) is 70.5. The number of benzene rings is 11. The van der Waals surface area contributed by atoms with E-state index in [0.717, 1.165) is 95.0 Å². The van der Waals surface area contributed by atoms with E-state index in [4.69, 9.17) is 35.4 Å². The molecule has 14 nitrogen and oxygen atoms in total. The average molecular weight is 2560 g/mol. The summed E-state index contributed by atoms with van der Waals surface area (Å²) in [5.74, 6) is -2.53. The molecule has 0 amide bonds. The Morgan fingerprint density at radius 2 is 0.714 bits per heavy atom. The number of ketones is 3. The van der Waals surface area contributed by atoms with E-state index in [1.54, 1.807) is 18.2 Å². The molecule has 0 unspecified atom stereocenters. The number of aliphatic hydroxyl groups excluding tert-OH is 3. The van der Waals surface area contributed by atoms with E-state index >= 15 is 0 Å². The van der Waals surface area contributed by atoms with E-state index in [-0.39, 0.29) is 141 Å². The summed E-state index contributed by atoms with van der Waals surface area (Å²) in [4.78, 5) is 66.9. The molecule has 0 saturated carbocycles. The number of hydrogen-bond acceptors (Lipinski definition) is 13. The van der Waals surface area contributed by atoms with Crippen molar-refractivity contribution in [3.05, 3.63) is 408 Å². The summed E-state index contributed by atoms with van der Waals surface area (Å²) in [7, 11) is 0. The summed E-state index contributed by atoms with van der Waals surface area (Å²) in [6.07, 6.45) is 4.95. The molecule has 17 aromatic rings. The Labute approximate surface area is 801 Å². The van der Waals surface area contributed by atoms with Crippen LogP contribution in [-0.4, -0.2) is 73.6 Å². The quantitative estimate of drug-likeness (QED) is 0.0599. The van der Waals surface area contributed by atoms with Crippen LogP contribution in [0, 0.1) is 76.6 Å². The van der Waals surface area contributed by atoms with Gasteiger partial charge in [-0.1, -0.05) is 221 Å². The summed E-state index contributed by atoms with van der Waals surface area (Å²) in [5, 5.41) is 41.5. The van der Waals surface area contributed by atoms with Crippen LogP contribution in [0.3, 0.4) is 0 Å². The molecular weight excluding hydrogens is 2470 g/mol. The average Bonchev–Trinajstić information content (AvgIpc) is 0.828. The van der Waals surface area contributed by atoms with Gasteiger partial charge >= 0.3 is 5.97 Å². The maximum atomic E-state index is 13.1. The standard InChI is InChI=1S/C19H12N.2C17H14N.C16H12N.C15H8F2N.C6H5NO2.3C5H8O2.5Ir/c1-2-7-16-13-17(10-9-14(16)5-1)19-12-11-15-6-3-4-8-18(15)20-19;1-12-7-9-14(10-8-12)17-13(2)11-15-5-3-4-6-16(15)18-17;1-12-9-13(2)11-15(10-12)17-8-7-14-5-3-4-6-16(14)18-17;1-12-5-4-7-14(11-12)16-10-9-13-6-2-3-8-15(13)17-16;16-12-7-11(8-13(17)9-12)15-6-5-10-3-1-2-4-14(10)18-15;8-6(9)5-3-1-2-4-7-5;3*1-4(6)3-5(2)7;;;;;/h1-9,11-13H;3-9,11H,1-2H3;3-10H,1-2H3;2-6,8-11H,1H3;1-7,9H;1-4H,(H,8,9);3*3,6H,1-2H3;;;;;/q5*-1;;;;;;;;;. The van der Waals surface area contributed by atoms with Gasteiger partial charge in [0.1, 0.15) is 5.69 Å². The molecule has 0 aliphatic rings. The minimum atomic E-state index is -0.990. The number of fused-ring (bicyclic) bond motifs is 6. The van der Waals surface area contributed by atoms with Crippen molar-refractivity contribution in [2.75, 3.05) is 0 Å². The molecule has 0 spiro atoms. The maximum absolute atomic E-state index is 13.1. The van der Waals surface area contributed by atoms with E-state index in [9.17, 15) is 28.0 Å². The number of pyridine rings is 6. The topological polar surface area (TPSA) is 227 Å². The van der Waals surface area contributed by atoms with Crippen LogP contribution >= 0.6 is 0 Å². The number of nitrogens with zero attached hydrogens (tertiary/aromatic N) is 6. The third-order valence-corrected chi connectivity index (χ3v) is 17.3. The van der Waals surface area contributed by atoms with E-state index in [1.165, 1.54) is 127 Å². The van der Waals surface area contributed by atoms with Gasteiger partial charge in [0.25, 0.3) is 0 Å². The molecule has 0 fully saturated rings. The van der Waals surface area contributed by atoms with Crippen LogP contribution in [0.15, 0.2) is 333 Å². The van der Waals surface area contributed by atoms with Gasteiger partial charge in [-0.05, 0) is 146 Å². The summed E-state index contributed by atoms with van der Waals surface area (Å²) < 4.78 is 26.2. The monoisotopic (exact) mass is 2560 g/mol. The van der Waals surface area contributed by atoms with Gasteiger partial charge in [-0.3, -0.25) is 39.3 Å². The maximum Gasteiger partial charge on any atom is 0.354 e. The first-order valence-corrected chi connectivity index (χ1v) is 38.5. The van der Waals surface area contributed by atoms with Gasteiger partial charge in [0.15, 0.2) is 17.3 Å². The molecule has 651 valence electrons.